The van der Waals surface area contributed by atoms with Crippen LogP contribution in [0.15, 0.2) is 42.5 Å². The number of sulfonamides is 1. The van der Waals surface area contributed by atoms with Crippen LogP contribution in [0.5, 0.6) is 0 Å². The van der Waals surface area contributed by atoms with E-state index in [0.29, 0.717) is 5.69 Å². The first-order valence-electron chi connectivity index (χ1n) is 9.44. The van der Waals surface area contributed by atoms with E-state index >= 15 is 0 Å². The van der Waals surface area contributed by atoms with Crippen molar-refractivity contribution in [1.82, 2.24) is 10.9 Å². The van der Waals surface area contributed by atoms with Crippen LogP contribution in [0.3, 0.4) is 0 Å². The number of anilines is 2. The zero-order chi connectivity index (χ0) is 22.1. The van der Waals surface area contributed by atoms with E-state index in [4.69, 9.17) is 0 Å². The average Bonchev–Trinajstić information content (AvgIpc) is 3.02. The second kappa shape index (κ2) is 8.66. The van der Waals surface area contributed by atoms with E-state index in [2.05, 4.69) is 16.2 Å². The fourth-order valence-electron chi connectivity index (χ4n) is 3.47. The second-order valence-electron chi connectivity index (χ2n) is 7.39. The summed E-state index contributed by atoms with van der Waals surface area (Å²) in [5.41, 5.74) is 7.14. The van der Waals surface area contributed by atoms with Crippen LogP contribution in [0.1, 0.15) is 19.4 Å². The maximum absolute atomic E-state index is 13.5. The summed E-state index contributed by atoms with van der Waals surface area (Å²) in [7, 11) is -3.95. The quantitative estimate of drug-likeness (QED) is 0.644. The Bertz CT molecular complexity index is 1020. The van der Waals surface area contributed by atoms with Crippen LogP contribution >= 0.6 is 0 Å². The number of carbonyl (C=O) groups is 1. The Hall–Kier alpha value is -2.56. The summed E-state index contributed by atoms with van der Waals surface area (Å²) in [6, 6.07) is 8.93. The molecule has 0 saturated carbocycles. The van der Waals surface area contributed by atoms with E-state index in [0.717, 1.165) is 22.0 Å². The molecule has 2 atom stereocenters. The molecule has 162 valence electrons. The van der Waals surface area contributed by atoms with Crippen LogP contribution in [0, 0.1) is 18.6 Å². The average molecular weight is 439 g/mol. The largest absolute Gasteiger partial charge is 0.324 e. The third-order valence-corrected chi connectivity index (χ3v) is 7.45. The molecule has 0 spiro atoms. The number of halogens is 2. The van der Waals surface area contributed by atoms with Crippen LogP contribution in [0.25, 0.3) is 0 Å². The molecule has 0 aromatic heterocycles. The first-order valence-corrected chi connectivity index (χ1v) is 10.9. The lowest BCUT2D eigenvalue weighted by atomic mass is 10.2. The van der Waals surface area contributed by atoms with Crippen molar-refractivity contribution in [3.8, 4) is 0 Å². The number of benzene rings is 2. The molecule has 3 N–H and O–H groups in total. The predicted molar refractivity (Wildman–Crippen MR) is 111 cm³/mol. The zero-order valence-corrected chi connectivity index (χ0v) is 17.6. The number of nitrogens with one attached hydrogen (secondary N) is 3. The van der Waals surface area contributed by atoms with Gasteiger partial charge < -0.3 is 5.32 Å². The minimum Gasteiger partial charge on any atom is -0.324 e. The Labute approximate surface area is 174 Å². The summed E-state index contributed by atoms with van der Waals surface area (Å²) >= 11 is 0. The summed E-state index contributed by atoms with van der Waals surface area (Å²) < 4.78 is 54.6. The molecule has 1 fully saturated rings. The molecule has 1 aliphatic heterocycles. The van der Waals surface area contributed by atoms with Crippen molar-refractivity contribution >= 4 is 27.3 Å². The van der Waals surface area contributed by atoms with Crippen molar-refractivity contribution in [2.45, 2.75) is 38.1 Å². The molecular formula is C20H24F2N4O3S. The van der Waals surface area contributed by atoms with E-state index in [1.807, 2.05) is 6.92 Å². The number of hydrogen-bond acceptors (Lipinski definition) is 5. The molecule has 10 heteroatoms. The highest BCUT2D eigenvalue weighted by Gasteiger charge is 2.44. The predicted octanol–water partition coefficient (Wildman–Crippen LogP) is 2.30. The molecule has 0 bridgehead atoms. The van der Waals surface area contributed by atoms with Crippen LogP contribution < -0.4 is 20.5 Å². The minimum absolute atomic E-state index is 0.0334. The number of aryl methyl sites for hydroxylation is 1. The highest BCUT2D eigenvalue weighted by molar-refractivity contribution is 7.93. The van der Waals surface area contributed by atoms with Crippen molar-refractivity contribution in [2.24, 2.45) is 0 Å². The van der Waals surface area contributed by atoms with Crippen molar-refractivity contribution in [3.63, 3.8) is 0 Å². The van der Waals surface area contributed by atoms with Gasteiger partial charge >= 0.3 is 0 Å². The van der Waals surface area contributed by atoms with Gasteiger partial charge in [0, 0.05) is 23.8 Å². The third kappa shape index (κ3) is 4.61. The SMILES string of the molecule is Cc1ccc(N(CC(=O)Nc2ccc(F)c(F)c2)S(=O)(=O)C2C(C)NNC2C)cc1. The monoisotopic (exact) mass is 438 g/mol. The Morgan fingerprint density at radius 2 is 1.63 bits per heavy atom. The van der Waals surface area contributed by atoms with Crippen LogP contribution in [-0.2, 0) is 14.8 Å². The minimum atomic E-state index is -3.95. The highest BCUT2D eigenvalue weighted by atomic mass is 32.2. The number of nitrogens with zero attached hydrogens (tertiary/aromatic N) is 1. The van der Waals surface area contributed by atoms with Crippen LogP contribution in [0.2, 0.25) is 0 Å². The Balaban J connectivity index is 1.90. The first-order chi connectivity index (χ1) is 14.1. The lowest BCUT2D eigenvalue weighted by Crippen LogP contribution is -2.49. The van der Waals surface area contributed by atoms with E-state index in [9.17, 15) is 22.0 Å². The van der Waals surface area contributed by atoms with Gasteiger partial charge in [-0.05, 0) is 45.0 Å². The van der Waals surface area contributed by atoms with Gasteiger partial charge in [0.15, 0.2) is 11.6 Å². The van der Waals surface area contributed by atoms with Crippen molar-refractivity contribution in [3.05, 3.63) is 59.7 Å². The fourth-order valence-corrected chi connectivity index (χ4v) is 5.64. The molecular weight excluding hydrogens is 414 g/mol. The van der Waals surface area contributed by atoms with Crippen molar-refractivity contribution < 1.29 is 22.0 Å². The number of amides is 1. The lowest BCUT2D eigenvalue weighted by molar-refractivity contribution is -0.114. The molecule has 1 aliphatic rings. The molecule has 3 rings (SSSR count). The molecule has 1 amide bonds. The summed E-state index contributed by atoms with van der Waals surface area (Å²) in [5, 5.41) is 1.61. The van der Waals surface area contributed by atoms with Gasteiger partial charge in [0.2, 0.25) is 15.9 Å². The van der Waals surface area contributed by atoms with Crippen LogP contribution in [0.4, 0.5) is 20.2 Å². The lowest BCUT2D eigenvalue weighted by Gasteiger charge is -2.30. The third-order valence-electron chi connectivity index (χ3n) is 4.99. The molecule has 2 aromatic rings. The normalized spacial score (nSPS) is 21.4. The molecule has 2 aromatic carbocycles. The molecule has 7 nitrogen and oxygen atoms in total. The maximum Gasteiger partial charge on any atom is 0.245 e. The van der Waals surface area contributed by atoms with E-state index in [1.165, 1.54) is 6.07 Å². The molecule has 2 unspecified atom stereocenters. The van der Waals surface area contributed by atoms with Crippen LogP contribution in [-0.4, -0.2) is 38.2 Å². The van der Waals surface area contributed by atoms with Gasteiger partial charge in [-0.2, -0.15) is 0 Å². The Morgan fingerprint density at radius 1 is 1.03 bits per heavy atom. The Kier molecular flexibility index (Phi) is 6.39. The van der Waals surface area contributed by atoms with E-state index in [1.54, 1.807) is 38.1 Å². The number of hydrazine groups is 1. The van der Waals surface area contributed by atoms with Crippen molar-refractivity contribution in [1.29, 1.82) is 0 Å². The van der Waals surface area contributed by atoms with Gasteiger partial charge in [-0.25, -0.2) is 17.2 Å². The molecule has 0 aliphatic carbocycles. The Morgan fingerprint density at radius 3 is 2.20 bits per heavy atom. The summed E-state index contributed by atoms with van der Waals surface area (Å²) in [4.78, 5) is 12.6. The van der Waals surface area contributed by atoms with Gasteiger partial charge in [-0.1, -0.05) is 17.7 Å². The fraction of sp³-hybridized carbons (Fsp3) is 0.350. The van der Waals surface area contributed by atoms with Gasteiger partial charge in [0.05, 0.1) is 5.69 Å². The molecule has 0 radical (unpaired) electrons. The van der Waals surface area contributed by atoms with E-state index in [-0.39, 0.29) is 17.8 Å². The second-order valence-corrected chi connectivity index (χ2v) is 9.41. The summed E-state index contributed by atoms with van der Waals surface area (Å²) in [6.45, 7) is 4.84. The molecule has 1 heterocycles. The molecule has 1 saturated heterocycles. The molecule has 30 heavy (non-hydrogen) atoms. The van der Waals surface area contributed by atoms with Gasteiger partial charge in [-0.15, -0.1) is 0 Å². The summed E-state index contributed by atoms with van der Waals surface area (Å²) in [6.07, 6.45) is 0. The first kappa shape index (κ1) is 22.1. The number of rotatable bonds is 6. The van der Waals surface area contributed by atoms with Gasteiger partial charge in [-0.3, -0.25) is 20.0 Å². The maximum atomic E-state index is 13.5. The highest BCUT2D eigenvalue weighted by Crippen LogP contribution is 2.26. The zero-order valence-electron chi connectivity index (χ0n) is 16.8. The number of hydrogen-bond donors (Lipinski definition) is 3. The summed E-state index contributed by atoms with van der Waals surface area (Å²) in [5.74, 6) is -2.83. The van der Waals surface area contributed by atoms with Gasteiger partial charge in [0.1, 0.15) is 11.8 Å². The van der Waals surface area contributed by atoms with E-state index < -0.39 is 39.4 Å². The number of carbonyl (C=O) groups excluding carboxylic acids is 1. The van der Waals surface area contributed by atoms with Crippen molar-refractivity contribution in [2.75, 3.05) is 16.2 Å². The van der Waals surface area contributed by atoms with Gasteiger partial charge in [0.25, 0.3) is 0 Å². The smallest absolute Gasteiger partial charge is 0.245 e. The standard InChI is InChI=1S/C20H24F2N4O3S/c1-12-4-7-16(8-5-12)26(30(28,29)20-13(2)24-25-14(20)3)11-19(27)23-15-6-9-17(21)18(22)10-15/h4-10,13-14,20,24-25H,11H2,1-3H3,(H,23,27). The topological polar surface area (TPSA) is 90.5 Å².